The molecule has 0 spiro atoms. The Morgan fingerprint density at radius 2 is 2.05 bits per heavy atom. The van der Waals surface area contributed by atoms with Crippen molar-refractivity contribution in [1.29, 1.82) is 0 Å². The standard InChI is InChI=1S/C18H23NS2/c1-3-20-17-11-7-5-9-15(17)19-13(2)18-12-14-8-4-6-10-16(14)21-18/h5,7,9,11-13,19H,3-4,6,8,10H2,1-2H3. The van der Waals surface area contributed by atoms with Gasteiger partial charge in [0, 0.05) is 20.3 Å². The molecule has 1 aliphatic carbocycles. The van der Waals surface area contributed by atoms with Gasteiger partial charge in [-0.15, -0.1) is 23.1 Å². The van der Waals surface area contributed by atoms with Crippen molar-refractivity contribution in [3.8, 4) is 0 Å². The summed E-state index contributed by atoms with van der Waals surface area (Å²) in [6.45, 7) is 4.49. The predicted octanol–water partition coefficient (Wildman–Crippen LogP) is 5.91. The number of thioether (sulfide) groups is 1. The Morgan fingerprint density at radius 1 is 1.24 bits per heavy atom. The van der Waals surface area contributed by atoms with Gasteiger partial charge in [0.2, 0.25) is 0 Å². The maximum absolute atomic E-state index is 3.71. The van der Waals surface area contributed by atoms with E-state index in [0.717, 1.165) is 5.75 Å². The Hall–Kier alpha value is -0.930. The van der Waals surface area contributed by atoms with E-state index >= 15 is 0 Å². The molecule has 0 bridgehead atoms. The third kappa shape index (κ3) is 3.46. The number of para-hydroxylation sites is 1. The minimum Gasteiger partial charge on any atom is -0.377 e. The molecular weight excluding hydrogens is 294 g/mol. The molecule has 3 heteroatoms. The molecule has 1 aromatic carbocycles. The monoisotopic (exact) mass is 317 g/mol. The zero-order chi connectivity index (χ0) is 14.7. The summed E-state index contributed by atoms with van der Waals surface area (Å²) in [6.07, 6.45) is 5.29. The van der Waals surface area contributed by atoms with Crippen LogP contribution >= 0.6 is 23.1 Å². The predicted molar refractivity (Wildman–Crippen MR) is 95.8 cm³/mol. The van der Waals surface area contributed by atoms with Gasteiger partial charge in [0.25, 0.3) is 0 Å². The molecule has 21 heavy (non-hydrogen) atoms. The van der Waals surface area contributed by atoms with Crippen molar-refractivity contribution in [2.24, 2.45) is 0 Å². The van der Waals surface area contributed by atoms with Gasteiger partial charge < -0.3 is 5.32 Å². The van der Waals surface area contributed by atoms with Gasteiger partial charge in [-0.3, -0.25) is 0 Å². The van der Waals surface area contributed by atoms with Crippen molar-refractivity contribution in [2.45, 2.75) is 50.5 Å². The van der Waals surface area contributed by atoms with Crippen LogP contribution in [0.15, 0.2) is 35.2 Å². The van der Waals surface area contributed by atoms with E-state index in [1.807, 2.05) is 23.1 Å². The zero-order valence-corrected chi connectivity index (χ0v) is 14.4. The molecule has 1 unspecified atom stereocenters. The van der Waals surface area contributed by atoms with E-state index in [1.54, 1.807) is 10.4 Å². The Balaban J connectivity index is 1.77. The third-order valence-electron chi connectivity index (χ3n) is 4.00. The molecule has 1 nitrogen and oxygen atoms in total. The Kier molecular flexibility index (Phi) is 4.91. The van der Waals surface area contributed by atoms with Crippen LogP contribution in [-0.4, -0.2) is 5.75 Å². The van der Waals surface area contributed by atoms with Gasteiger partial charge in [-0.1, -0.05) is 19.1 Å². The van der Waals surface area contributed by atoms with Gasteiger partial charge in [0.15, 0.2) is 0 Å². The van der Waals surface area contributed by atoms with Gasteiger partial charge in [-0.2, -0.15) is 0 Å². The van der Waals surface area contributed by atoms with Crippen molar-refractivity contribution in [2.75, 3.05) is 11.1 Å². The topological polar surface area (TPSA) is 12.0 Å². The average Bonchev–Trinajstić information content (AvgIpc) is 2.93. The lowest BCUT2D eigenvalue weighted by atomic mass is 9.99. The minimum atomic E-state index is 0.388. The molecule has 0 fully saturated rings. The van der Waals surface area contributed by atoms with Crippen LogP contribution in [0.1, 0.15) is 48.0 Å². The highest BCUT2D eigenvalue weighted by molar-refractivity contribution is 7.99. The maximum atomic E-state index is 3.71. The smallest absolute Gasteiger partial charge is 0.0579 e. The van der Waals surface area contributed by atoms with Crippen LogP contribution in [0.25, 0.3) is 0 Å². The van der Waals surface area contributed by atoms with E-state index in [0.29, 0.717) is 6.04 Å². The molecule has 1 atom stereocenters. The molecule has 1 N–H and O–H groups in total. The highest BCUT2D eigenvalue weighted by Gasteiger charge is 2.17. The second-order valence-electron chi connectivity index (χ2n) is 5.60. The van der Waals surface area contributed by atoms with Gasteiger partial charge in [0.1, 0.15) is 0 Å². The summed E-state index contributed by atoms with van der Waals surface area (Å²) in [7, 11) is 0. The summed E-state index contributed by atoms with van der Waals surface area (Å²) in [5.74, 6) is 1.11. The van der Waals surface area contributed by atoms with Crippen molar-refractivity contribution in [3.63, 3.8) is 0 Å². The van der Waals surface area contributed by atoms with E-state index in [1.165, 1.54) is 41.1 Å². The lowest BCUT2D eigenvalue weighted by Gasteiger charge is -2.16. The number of fused-ring (bicyclic) bond motifs is 1. The summed E-state index contributed by atoms with van der Waals surface area (Å²) in [6, 6.07) is 11.5. The molecule has 1 aromatic heterocycles. The van der Waals surface area contributed by atoms with Crippen LogP contribution in [0.2, 0.25) is 0 Å². The molecule has 2 aromatic rings. The van der Waals surface area contributed by atoms with Crippen molar-refractivity contribution in [1.82, 2.24) is 0 Å². The van der Waals surface area contributed by atoms with Gasteiger partial charge in [-0.05, 0) is 62.1 Å². The molecule has 0 amide bonds. The number of nitrogens with one attached hydrogen (secondary N) is 1. The Bertz CT molecular complexity index is 580. The van der Waals surface area contributed by atoms with Gasteiger partial charge in [0.05, 0.1) is 6.04 Å². The summed E-state index contributed by atoms with van der Waals surface area (Å²) in [5, 5.41) is 3.71. The molecule has 1 aliphatic rings. The van der Waals surface area contributed by atoms with Crippen molar-refractivity contribution < 1.29 is 0 Å². The van der Waals surface area contributed by atoms with E-state index < -0.39 is 0 Å². The van der Waals surface area contributed by atoms with E-state index in [9.17, 15) is 0 Å². The van der Waals surface area contributed by atoms with Gasteiger partial charge >= 0.3 is 0 Å². The molecule has 0 aliphatic heterocycles. The molecule has 1 heterocycles. The number of hydrogen-bond donors (Lipinski definition) is 1. The van der Waals surface area contributed by atoms with Crippen molar-refractivity contribution in [3.05, 3.63) is 45.6 Å². The number of anilines is 1. The first-order chi connectivity index (χ1) is 10.3. The van der Waals surface area contributed by atoms with E-state index in [2.05, 4.69) is 49.5 Å². The fourth-order valence-corrected chi connectivity index (χ4v) is 4.93. The minimum absolute atomic E-state index is 0.388. The van der Waals surface area contributed by atoms with Crippen LogP contribution < -0.4 is 5.32 Å². The second kappa shape index (κ2) is 6.89. The number of thiophene rings is 1. The summed E-state index contributed by atoms with van der Waals surface area (Å²) in [5.41, 5.74) is 2.87. The first-order valence-corrected chi connectivity index (χ1v) is 9.68. The lowest BCUT2D eigenvalue weighted by molar-refractivity contribution is 0.696. The van der Waals surface area contributed by atoms with Crippen LogP contribution in [0.5, 0.6) is 0 Å². The number of rotatable bonds is 5. The zero-order valence-electron chi connectivity index (χ0n) is 12.8. The summed E-state index contributed by atoms with van der Waals surface area (Å²) >= 11 is 3.92. The number of hydrogen-bond acceptors (Lipinski definition) is 3. The number of aryl methyl sites for hydroxylation is 2. The fraction of sp³-hybridized carbons (Fsp3) is 0.444. The maximum Gasteiger partial charge on any atom is 0.0579 e. The average molecular weight is 318 g/mol. The van der Waals surface area contributed by atoms with E-state index in [4.69, 9.17) is 0 Å². The van der Waals surface area contributed by atoms with Crippen LogP contribution in [-0.2, 0) is 12.8 Å². The Morgan fingerprint density at radius 3 is 2.86 bits per heavy atom. The van der Waals surface area contributed by atoms with E-state index in [-0.39, 0.29) is 0 Å². The summed E-state index contributed by atoms with van der Waals surface area (Å²) in [4.78, 5) is 4.47. The Labute approximate surface area is 136 Å². The highest BCUT2D eigenvalue weighted by Crippen LogP contribution is 2.35. The highest BCUT2D eigenvalue weighted by atomic mass is 32.2. The number of benzene rings is 1. The summed E-state index contributed by atoms with van der Waals surface area (Å²) < 4.78 is 0. The van der Waals surface area contributed by atoms with Crippen molar-refractivity contribution >= 4 is 28.8 Å². The first-order valence-electron chi connectivity index (χ1n) is 7.87. The van der Waals surface area contributed by atoms with Gasteiger partial charge in [-0.25, -0.2) is 0 Å². The molecule has 112 valence electrons. The molecular formula is C18H23NS2. The lowest BCUT2D eigenvalue weighted by Crippen LogP contribution is -2.05. The third-order valence-corrected chi connectivity index (χ3v) is 6.38. The van der Waals surface area contributed by atoms with Crippen LogP contribution in [0.4, 0.5) is 5.69 Å². The molecule has 3 rings (SSSR count). The fourth-order valence-electron chi connectivity index (χ4n) is 2.90. The largest absolute Gasteiger partial charge is 0.377 e. The normalized spacial score (nSPS) is 15.5. The second-order valence-corrected chi connectivity index (χ2v) is 8.07. The molecule has 0 radical (unpaired) electrons. The molecule has 0 saturated heterocycles. The quantitative estimate of drug-likeness (QED) is 0.688. The first kappa shape index (κ1) is 15.0. The SMILES string of the molecule is CCSc1ccccc1NC(C)c1cc2c(s1)CCCC2. The van der Waals surface area contributed by atoms with Crippen LogP contribution in [0.3, 0.4) is 0 Å². The van der Waals surface area contributed by atoms with Crippen LogP contribution in [0, 0.1) is 0 Å². The molecule has 0 saturated carbocycles.